The highest BCUT2D eigenvalue weighted by atomic mass is 16.3. The Balaban J connectivity index is 1.77. The lowest BCUT2D eigenvalue weighted by Crippen LogP contribution is -2.60. The van der Waals surface area contributed by atoms with Crippen LogP contribution < -0.4 is 27.0 Å². The van der Waals surface area contributed by atoms with E-state index in [9.17, 15) is 29.1 Å². The zero-order chi connectivity index (χ0) is 35.2. The molecule has 4 atom stereocenters. The van der Waals surface area contributed by atoms with Crippen LogP contribution in [0.15, 0.2) is 84.9 Å². The Morgan fingerprint density at radius 3 is 1.67 bits per heavy atom. The van der Waals surface area contributed by atoms with E-state index in [1.165, 1.54) is 12.1 Å². The summed E-state index contributed by atoms with van der Waals surface area (Å²) in [6.07, 6.45) is 0.568. The molecule has 0 aliphatic rings. The summed E-state index contributed by atoms with van der Waals surface area (Å²) in [6.45, 7) is 7.35. The van der Waals surface area contributed by atoms with Crippen LogP contribution in [0, 0.1) is 11.8 Å². The van der Waals surface area contributed by atoms with Gasteiger partial charge in [0.05, 0.1) is 6.42 Å². The van der Waals surface area contributed by atoms with Crippen LogP contribution in [-0.4, -0.2) is 58.8 Å². The summed E-state index contributed by atoms with van der Waals surface area (Å²) in [5.74, 6) is -3.17. The fourth-order valence-electron chi connectivity index (χ4n) is 5.25. The predicted octanol–water partition coefficient (Wildman–Crippen LogP) is 2.55. The topological polar surface area (TPSA) is 180 Å². The standard InChI is InChI=1S/C37H47N5O6/c1-23(2)18-30(39-32(44)22-27-16-11-17-28(43)19-27)36(47)42-33(24(3)4)37(48)41-31(21-26-14-9-6-10-15-26)35(46)40-29(34(38)45)20-25-12-7-5-8-13-25/h5-17,19,23-24,29-31,33,43H,18,20-22H2,1-4H3,(H2,38,45)(H,39,44)(H,40,46)(H,41,48)(H,42,47)/t29-,30-,31-,33-/m1/s1. The number of carbonyl (C=O) groups excluding carboxylic acids is 5. The van der Waals surface area contributed by atoms with Gasteiger partial charge >= 0.3 is 0 Å². The lowest BCUT2D eigenvalue weighted by atomic mass is 9.98. The fourth-order valence-corrected chi connectivity index (χ4v) is 5.25. The predicted molar refractivity (Wildman–Crippen MR) is 183 cm³/mol. The smallest absolute Gasteiger partial charge is 0.243 e. The number of hydrogen-bond donors (Lipinski definition) is 6. The van der Waals surface area contributed by atoms with E-state index >= 15 is 0 Å². The molecule has 0 bridgehead atoms. The highest BCUT2D eigenvalue weighted by Gasteiger charge is 2.33. The molecule has 7 N–H and O–H groups in total. The molecule has 0 heterocycles. The molecule has 48 heavy (non-hydrogen) atoms. The average molecular weight is 658 g/mol. The van der Waals surface area contributed by atoms with Gasteiger partial charge in [0, 0.05) is 12.8 Å². The Hall–Kier alpha value is -5.19. The van der Waals surface area contributed by atoms with Crippen LogP contribution in [0.3, 0.4) is 0 Å². The minimum atomic E-state index is -1.09. The van der Waals surface area contributed by atoms with Crippen molar-refractivity contribution in [2.75, 3.05) is 0 Å². The largest absolute Gasteiger partial charge is 0.508 e. The van der Waals surface area contributed by atoms with Crippen molar-refractivity contribution < 1.29 is 29.1 Å². The first-order valence-electron chi connectivity index (χ1n) is 16.2. The van der Waals surface area contributed by atoms with Crippen molar-refractivity contribution in [2.45, 2.75) is 77.5 Å². The van der Waals surface area contributed by atoms with E-state index in [-0.39, 0.29) is 36.8 Å². The Morgan fingerprint density at radius 2 is 1.15 bits per heavy atom. The van der Waals surface area contributed by atoms with Crippen LogP contribution in [0.2, 0.25) is 0 Å². The molecule has 0 spiro atoms. The maximum Gasteiger partial charge on any atom is 0.243 e. The number of aromatic hydroxyl groups is 1. The molecule has 256 valence electrons. The van der Waals surface area contributed by atoms with Gasteiger partial charge in [0.2, 0.25) is 29.5 Å². The number of rotatable bonds is 17. The van der Waals surface area contributed by atoms with Gasteiger partial charge in [0.15, 0.2) is 0 Å². The van der Waals surface area contributed by atoms with Gasteiger partial charge in [-0.25, -0.2) is 0 Å². The average Bonchev–Trinajstić information content (AvgIpc) is 3.03. The van der Waals surface area contributed by atoms with Gasteiger partial charge in [-0.05, 0) is 47.1 Å². The first-order chi connectivity index (χ1) is 22.8. The zero-order valence-corrected chi connectivity index (χ0v) is 27.9. The second-order valence-corrected chi connectivity index (χ2v) is 12.7. The number of carbonyl (C=O) groups is 5. The van der Waals surface area contributed by atoms with Crippen molar-refractivity contribution in [3.63, 3.8) is 0 Å². The first-order valence-corrected chi connectivity index (χ1v) is 16.2. The van der Waals surface area contributed by atoms with Crippen LogP contribution in [-0.2, 0) is 43.2 Å². The maximum atomic E-state index is 13.8. The number of amides is 5. The van der Waals surface area contributed by atoms with Crippen molar-refractivity contribution in [2.24, 2.45) is 17.6 Å². The molecule has 3 aromatic carbocycles. The van der Waals surface area contributed by atoms with E-state index in [2.05, 4.69) is 21.3 Å². The molecular weight excluding hydrogens is 610 g/mol. The molecule has 0 fully saturated rings. The van der Waals surface area contributed by atoms with Gasteiger partial charge in [-0.2, -0.15) is 0 Å². The number of phenolic OH excluding ortho intramolecular Hbond substituents is 1. The van der Waals surface area contributed by atoms with Gasteiger partial charge < -0.3 is 32.1 Å². The summed E-state index contributed by atoms with van der Waals surface area (Å²) in [4.78, 5) is 66.2. The van der Waals surface area contributed by atoms with Crippen LogP contribution >= 0.6 is 0 Å². The number of nitrogens with one attached hydrogen (secondary N) is 4. The Morgan fingerprint density at radius 1 is 0.625 bits per heavy atom. The van der Waals surface area contributed by atoms with Gasteiger partial charge in [0.1, 0.15) is 29.9 Å². The third kappa shape index (κ3) is 12.2. The number of benzene rings is 3. The first kappa shape index (κ1) is 37.3. The normalized spacial score (nSPS) is 13.5. The Labute approximate surface area is 282 Å². The molecular formula is C37H47N5O6. The number of nitrogens with two attached hydrogens (primary N) is 1. The minimum absolute atomic E-state index is 0.0307. The molecule has 0 aliphatic heterocycles. The number of phenols is 1. The number of hydrogen-bond acceptors (Lipinski definition) is 6. The second-order valence-electron chi connectivity index (χ2n) is 12.7. The lowest BCUT2D eigenvalue weighted by molar-refractivity contribution is -0.135. The summed E-state index contributed by atoms with van der Waals surface area (Å²) in [7, 11) is 0. The Bertz CT molecular complexity index is 1530. The molecule has 11 nitrogen and oxygen atoms in total. The molecule has 0 saturated carbocycles. The van der Waals surface area contributed by atoms with Gasteiger partial charge in [0.25, 0.3) is 0 Å². The third-order valence-corrected chi connectivity index (χ3v) is 7.74. The van der Waals surface area contributed by atoms with Gasteiger partial charge in [-0.15, -0.1) is 0 Å². The van der Waals surface area contributed by atoms with Crippen LogP contribution in [0.1, 0.15) is 50.8 Å². The molecule has 3 aromatic rings. The van der Waals surface area contributed by atoms with E-state index in [1.54, 1.807) is 26.0 Å². The van der Waals surface area contributed by atoms with E-state index in [0.29, 0.717) is 12.0 Å². The van der Waals surface area contributed by atoms with E-state index in [0.717, 1.165) is 11.1 Å². The van der Waals surface area contributed by atoms with Gasteiger partial charge in [-0.3, -0.25) is 24.0 Å². The minimum Gasteiger partial charge on any atom is -0.508 e. The summed E-state index contributed by atoms with van der Waals surface area (Å²) in [6, 6.07) is 20.4. The molecule has 0 aromatic heterocycles. The molecule has 5 amide bonds. The zero-order valence-electron chi connectivity index (χ0n) is 27.9. The van der Waals surface area contributed by atoms with Crippen molar-refractivity contribution in [3.05, 3.63) is 102 Å². The monoisotopic (exact) mass is 657 g/mol. The van der Waals surface area contributed by atoms with Crippen molar-refractivity contribution >= 4 is 29.5 Å². The summed E-state index contributed by atoms with van der Waals surface area (Å²) in [5.41, 5.74) is 7.81. The van der Waals surface area contributed by atoms with Crippen LogP contribution in [0.4, 0.5) is 0 Å². The fraction of sp³-hybridized carbons (Fsp3) is 0.378. The van der Waals surface area contributed by atoms with E-state index in [4.69, 9.17) is 5.73 Å². The van der Waals surface area contributed by atoms with E-state index < -0.39 is 53.7 Å². The van der Waals surface area contributed by atoms with Crippen molar-refractivity contribution in [1.29, 1.82) is 0 Å². The quantitative estimate of drug-likeness (QED) is 0.130. The molecule has 0 saturated heterocycles. The summed E-state index contributed by atoms with van der Waals surface area (Å²) in [5, 5.41) is 20.8. The molecule has 11 heteroatoms. The highest BCUT2D eigenvalue weighted by molar-refractivity contribution is 5.95. The third-order valence-electron chi connectivity index (χ3n) is 7.74. The highest BCUT2D eigenvalue weighted by Crippen LogP contribution is 2.13. The molecule has 0 radical (unpaired) electrons. The Kier molecular flexibility index (Phi) is 14.2. The van der Waals surface area contributed by atoms with Crippen molar-refractivity contribution in [3.8, 4) is 5.75 Å². The SMILES string of the molecule is CC(C)C[C@@H](NC(=O)Cc1cccc(O)c1)C(=O)N[C@@H](C(=O)N[C@H](Cc1ccccc1)C(=O)N[C@H](Cc1ccccc1)C(N)=O)C(C)C. The molecule has 3 rings (SSSR count). The van der Waals surface area contributed by atoms with Crippen molar-refractivity contribution in [1.82, 2.24) is 21.3 Å². The summed E-state index contributed by atoms with van der Waals surface area (Å²) >= 11 is 0. The second kappa shape index (κ2) is 18.2. The number of primary amides is 1. The summed E-state index contributed by atoms with van der Waals surface area (Å²) < 4.78 is 0. The van der Waals surface area contributed by atoms with Crippen LogP contribution in [0.25, 0.3) is 0 Å². The van der Waals surface area contributed by atoms with Gasteiger partial charge in [-0.1, -0.05) is 100 Å². The van der Waals surface area contributed by atoms with Crippen LogP contribution in [0.5, 0.6) is 5.75 Å². The molecule has 0 aliphatic carbocycles. The lowest BCUT2D eigenvalue weighted by Gasteiger charge is -2.28. The van der Waals surface area contributed by atoms with E-state index in [1.807, 2.05) is 74.5 Å². The molecule has 0 unspecified atom stereocenters. The maximum absolute atomic E-state index is 13.8.